The van der Waals surface area contributed by atoms with Crippen LogP contribution in [0.5, 0.6) is 0 Å². The number of ether oxygens (including phenoxy) is 1. The molecule has 1 saturated carbocycles. The molecule has 2 aromatic carbocycles. The number of allylic oxidation sites excluding steroid dienone is 1. The van der Waals surface area contributed by atoms with Gasteiger partial charge in [0.2, 0.25) is 0 Å². The first-order valence-corrected chi connectivity index (χ1v) is 10.0. The number of rotatable bonds is 5. The molecule has 2 aliphatic rings. The summed E-state index contributed by atoms with van der Waals surface area (Å²) in [6, 6.07) is 17.0. The van der Waals surface area contributed by atoms with Crippen LogP contribution < -0.4 is 5.32 Å². The third-order valence-corrected chi connectivity index (χ3v) is 6.03. The van der Waals surface area contributed by atoms with E-state index in [0.717, 1.165) is 19.3 Å². The predicted octanol–water partition coefficient (Wildman–Crippen LogP) is 5.66. The van der Waals surface area contributed by atoms with Crippen molar-refractivity contribution in [3.05, 3.63) is 72.3 Å². The van der Waals surface area contributed by atoms with Crippen molar-refractivity contribution in [1.29, 1.82) is 0 Å². The molecule has 0 spiro atoms. The lowest BCUT2D eigenvalue weighted by Gasteiger charge is -2.31. The molecule has 1 amide bonds. The zero-order valence-electron chi connectivity index (χ0n) is 15.7. The van der Waals surface area contributed by atoms with Gasteiger partial charge in [0.1, 0.15) is 6.61 Å². The maximum atomic E-state index is 12.5. The van der Waals surface area contributed by atoms with Crippen LogP contribution in [0.2, 0.25) is 0 Å². The summed E-state index contributed by atoms with van der Waals surface area (Å²) < 4.78 is 5.69. The molecule has 0 radical (unpaired) electrons. The number of alkyl carbamates (subject to hydrolysis) is 1. The number of benzene rings is 2. The van der Waals surface area contributed by atoms with E-state index in [1.165, 1.54) is 35.1 Å². The molecule has 4 rings (SSSR count). The minimum absolute atomic E-state index is 0.110. The molecule has 140 valence electrons. The van der Waals surface area contributed by atoms with Crippen LogP contribution in [-0.4, -0.2) is 18.7 Å². The molecule has 3 nitrogen and oxygen atoms in total. The molecule has 2 aromatic rings. The Hall–Kier alpha value is -2.55. The molecule has 3 heteroatoms. The van der Waals surface area contributed by atoms with Crippen molar-refractivity contribution in [2.75, 3.05) is 6.61 Å². The fraction of sp³-hybridized carbons (Fsp3) is 0.375. The van der Waals surface area contributed by atoms with Gasteiger partial charge in [-0.25, -0.2) is 4.79 Å². The number of fused-ring (bicyclic) bond motifs is 3. The van der Waals surface area contributed by atoms with E-state index in [4.69, 9.17) is 4.74 Å². The summed E-state index contributed by atoms with van der Waals surface area (Å²) in [6.45, 7) is 4.23. The first-order valence-electron chi connectivity index (χ1n) is 10.0. The Bertz CT molecular complexity index is 783. The molecule has 2 unspecified atom stereocenters. The van der Waals surface area contributed by atoms with Crippen LogP contribution >= 0.6 is 0 Å². The summed E-state index contributed by atoms with van der Waals surface area (Å²) in [7, 11) is 0. The molecule has 1 fully saturated rings. The van der Waals surface area contributed by atoms with Crippen LogP contribution in [0.4, 0.5) is 4.79 Å². The minimum atomic E-state index is -0.294. The van der Waals surface area contributed by atoms with Gasteiger partial charge in [-0.3, -0.25) is 0 Å². The molecule has 0 aromatic heterocycles. The fourth-order valence-corrected chi connectivity index (χ4v) is 4.69. The van der Waals surface area contributed by atoms with Crippen molar-refractivity contribution in [2.45, 2.75) is 44.1 Å². The average molecular weight is 361 g/mol. The van der Waals surface area contributed by atoms with Crippen LogP contribution in [-0.2, 0) is 4.74 Å². The molecular weight excluding hydrogens is 334 g/mol. The van der Waals surface area contributed by atoms with Crippen LogP contribution in [0.25, 0.3) is 11.1 Å². The molecule has 0 bridgehead atoms. The van der Waals surface area contributed by atoms with Gasteiger partial charge in [0, 0.05) is 12.0 Å². The van der Waals surface area contributed by atoms with Crippen LogP contribution in [0.3, 0.4) is 0 Å². The quantitative estimate of drug-likeness (QED) is 0.698. The lowest BCUT2D eigenvalue weighted by atomic mass is 9.82. The molecule has 1 N–H and O–H groups in total. The second kappa shape index (κ2) is 7.99. The fourth-order valence-electron chi connectivity index (χ4n) is 4.69. The van der Waals surface area contributed by atoms with Crippen molar-refractivity contribution in [3.8, 4) is 11.1 Å². The molecule has 0 saturated heterocycles. The number of carbonyl (C=O) groups excluding carboxylic acids is 1. The number of hydrogen-bond acceptors (Lipinski definition) is 2. The summed E-state index contributed by atoms with van der Waals surface area (Å²) in [4.78, 5) is 12.5. The maximum Gasteiger partial charge on any atom is 0.407 e. The third-order valence-electron chi connectivity index (χ3n) is 6.03. The van der Waals surface area contributed by atoms with E-state index < -0.39 is 0 Å². The van der Waals surface area contributed by atoms with Gasteiger partial charge in [-0.05, 0) is 47.4 Å². The number of carbonyl (C=O) groups is 1. The lowest BCUT2D eigenvalue weighted by Crippen LogP contribution is -2.42. The molecular formula is C24H27NO2. The topological polar surface area (TPSA) is 38.3 Å². The van der Waals surface area contributed by atoms with Crippen molar-refractivity contribution in [1.82, 2.24) is 5.32 Å². The van der Waals surface area contributed by atoms with Gasteiger partial charge in [0.15, 0.2) is 0 Å². The standard InChI is InChI=1S/C24H27NO2/c1-2-9-17-10-3-8-15-23(17)25-24(26)27-16-22-20-13-6-4-11-18(20)19-12-5-7-14-21(19)22/h2,4-7,11-14,17,22-23H,1,3,8-10,15-16H2,(H,25,26). The van der Waals surface area contributed by atoms with E-state index in [-0.39, 0.29) is 18.1 Å². The van der Waals surface area contributed by atoms with Gasteiger partial charge in [-0.2, -0.15) is 0 Å². The zero-order valence-corrected chi connectivity index (χ0v) is 15.7. The van der Waals surface area contributed by atoms with E-state index in [1.807, 2.05) is 6.08 Å². The smallest absolute Gasteiger partial charge is 0.407 e. The molecule has 2 aliphatic carbocycles. The molecule has 2 atom stereocenters. The Morgan fingerprint density at radius 1 is 1.04 bits per heavy atom. The predicted molar refractivity (Wildman–Crippen MR) is 109 cm³/mol. The lowest BCUT2D eigenvalue weighted by molar-refractivity contribution is 0.130. The van der Waals surface area contributed by atoms with Gasteiger partial charge >= 0.3 is 6.09 Å². The highest BCUT2D eigenvalue weighted by Crippen LogP contribution is 2.44. The van der Waals surface area contributed by atoms with Crippen LogP contribution in [0.15, 0.2) is 61.2 Å². The van der Waals surface area contributed by atoms with E-state index in [1.54, 1.807) is 0 Å². The van der Waals surface area contributed by atoms with Gasteiger partial charge in [-0.15, -0.1) is 6.58 Å². The van der Waals surface area contributed by atoms with Gasteiger partial charge in [0.05, 0.1) is 0 Å². The Kier molecular flexibility index (Phi) is 5.28. The minimum Gasteiger partial charge on any atom is -0.449 e. The summed E-state index contributed by atoms with van der Waals surface area (Å²) in [6.07, 6.45) is 7.21. The molecule has 0 heterocycles. The highest BCUT2D eigenvalue weighted by Gasteiger charge is 2.30. The second-order valence-electron chi connectivity index (χ2n) is 7.65. The van der Waals surface area contributed by atoms with Gasteiger partial charge < -0.3 is 10.1 Å². The highest BCUT2D eigenvalue weighted by molar-refractivity contribution is 5.79. The summed E-state index contributed by atoms with van der Waals surface area (Å²) in [5.74, 6) is 0.593. The summed E-state index contributed by atoms with van der Waals surface area (Å²) in [5.41, 5.74) is 4.99. The largest absolute Gasteiger partial charge is 0.449 e. The average Bonchev–Trinajstić information content (AvgIpc) is 3.02. The van der Waals surface area contributed by atoms with Crippen LogP contribution in [0, 0.1) is 5.92 Å². The SMILES string of the molecule is C=CCC1CCCCC1NC(=O)OCC1c2ccccc2-c2ccccc21. The normalized spacial score (nSPS) is 21.2. The van der Waals surface area contributed by atoms with E-state index >= 15 is 0 Å². The van der Waals surface area contributed by atoms with E-state index in [0.29, 0.717) is 12.5 Å². The Labute approximate surface area is 161 Å². The molecule has 0 aliphatic heterocycles. The molecule has 27 heavy (non-hydrogen) atoms. The monoisotopic (exact) mass is 361 g/mol. The van der Waals surface area contributed by atoms with Gasteiger partial charge in [-0.1, -0.05) is 67.4 Å². The second-order valence-corrected chi connectivity index (χ2v) is 7.65. The number of hydrogen-bond donors (Lipinski definition) is 1. The van der Waals surface area contributed by atoms with Crippen LogP contribution in [0.1, 0.15) is 49.1 Å². The number of amides is 1. The van der Waals surface area contributed by atoms with Crippen molar-refractivity contribution in [2.24, 2.45) is 5.92 Å². The van der Waals surface area contributed by atoms with E-state index in [9.17, 15) is 4.79 Å². The van der Waals surface area contributed by atoms with Crippen molar-refractivity contribution < 1.29 is 9.53 Å². The zero-order chi connectivity index (χ0) is 18.6. The first kappa shape index (κ1) is 17.8. The third kappa shape index (κ3) is 3.64. The Balaban J connectivity index is 1.43. The first-order chi connectivity index (χ1) is 13.3. The van der Waals surface area contributed by atoms with Gasteiger partial charge in [0.25, 0.3) is 0 Å². The summed E-state index contributed by atoms with van der Waals surface area (Å²) >= 11 is 0. The Morgan fingerprint density at radius 2 is 1.67 bits per heavy atom. The maximum absolute atomic E-state index is 12.5. The van der Waals surface area contributed by atoms with Crippen molar-refractivity contribution in [3.63, 3.8) is 0 Å². The number of nitrogens with one attached hydrogen (secondary N) is 1. The summed E-state index contributed by atoms with van der Waals surface area (Å²) in [5, 5.41) is 3.12. The van der Waals surface area contributed by atoms with E-state index in [2.05, 4.69) is 60.4 Å². The Morgan fingerprint density at radius 3 is 2.33 bits per heavy atom. The van der Waals surface area contributed by atoms with Crippen molar-refractivity contribution >= 4 is 6.09 Å². The highest BCUT2D eigenvalue weighted by atomic mass is 16.5.